The van der Waals surface area contributed by atoms with Crippen LogP contribution in [0.25, 0.3) is 11.3 Å². The van der Waals surface area contributed by atoms with E-state index >= 15 is 0 Å². The average molecular weight is 426 g/mol. The SMILES string of the molecule is O=C(Nc1nc(-c2cccc(NC(=O)C3CCCC3)c2)cs1)c1ccc([N+](=O)[O-])o1. The van der Waals surface area contributed by atoms with Crippen molar-refractivity contribution in [2.75, 3.05) is 10.6 Å². The monoisotopic (exact) mass is 426 g/mol. The zero-order valence-corrected chi connectivity index (χ0v) is 16.6. The Balaban J connectivity index is 1.43. The lowest BCUT2D eigenvalue weighted by atomic mass is 10.1. The summed E-state index contributed by atoms with van der Waals surface area (Å²) in [5.41, 5.74) is 2.13. The van der Waals surface area contributed by atoms with E-state index in [9.17, 15) is 19.7 Å². The maximum absolute atomic E-state index is 12.3. The number of anilines is 2. The minimum atomic E-state index is -0.712. The minimum Gasteiger partial charge on any atom is -0.395 e. The van der Waals surface area contributed by atoms with Gasteiger partial charge >= 0.3 is 5.88 Å². The zero-order chi connectivity index (χ0) is 21.1. The first kappa shape index (κ1) is 19.8. The van der Waals surface area contributed by atoms with Crippen LogP contribution in [0.4, 0.5) is 16.7 Å². The Morgan fingerprint density at radius 1 is 1.17 bits per heavy atom. The molecule has 1 aliphatic carbocycles. The van der Waals surface area contributed by atoms with Gasteiger partial charge in [-0.3, -0.25) is 25.0 Å². The van der Waals surface area contributed by atoms with Crippen molar-refractivity contribution in [3.63, 3.8) is 0 Å². The molecule has 0 spiro atoms. The maximum Gasteiger partial charge on any atom is 0.433 e. The van der Waals surface area contributed by atoms with Crippen LogP contribution in [0.2, 0.25) is 0 Å². The van der Waals surface area contributed by atoms with Gasteiger partial charge in [0.15, 0.2) is 10.9 Å². The lowest BCUT2D eigenvalue weighted by Gasteiger charge is -2.11. The molecule has 1 saturated carbocycles. The summed E-state index contributed by atoms with van der Waals surface area (Å²) in [7, 11) is 0. The van der Waals surface area contributed by atoms with E-state index in [1.165, 1.54) is 17.4 Å². The van der Waals surface area contributed by atoms with E-state index in [0.717, 1.165) is 37.3 Å². The van der Waals surface area contributed by atoms with Gasteiger partial charge in [0.1, 0.15) is 4.92 Å². The Hall–Kier alpha value is -3.53. The van der Waals surface area contributed by atoms with Crippen LogP contribution in [-0.2, 0) is 4.79 Å². The van der Waals surface area contributed by atoms with Crippen LogP contribution in [0.15, 0.2) is 46.2 Å². The molecule has 0 unspecified atom stereocenters. The number of furan rings is 1. The first-order chi connectivity index (χ1) is 14.5. The van der Waals surface area contributed by atoms with Crippen LogP contribution in [0.3, 0.4) is 0 Å². The number of thiazole rings is 1. The van der Waals surface area contributed by atoms with Gasteiger partial charge in [0, 0.05) is 22.5 Å². The van der Waals surface area contributed by atoms with E-state index in [1.807, 2.05) is 24.3 Å². The molecule has 0 aliphatic heterocycles. The fraction of sp³-hybridized carbons (Fsp3) is 0.250. The van der Waals surface area contributed by atoms with Gasteiger partial charge in [-0.05, 0) is 31.0 Å². The summed E-state index contributed by atoms with van der Waals surface area (Å²) in [6.07, 6.45) is 4.05. The fourth-order valence-electron chi connectivity index (χ4n) is 3.36. The lowest BCUT2D eigenvalue weighted by molar-refractivity contribution is -0.402. The van der Waals surface area contributed by atoms with Crippen LogP contribution < -0.4 is 10.6 Å². The number of benzene rings is 1. The third-order valence-electron chi connectivity index (χ3n) is 4.87. The van der Waals surface area contributed by atoms with E-state index in [2.05, 4.69) is 15.6 Å². The second-order valence-electron chi connectivity index (χ2n) is 6.94. The number of amides is 2. The van der Waals surface area contributed by atoms with Gasteiger partial charge in [-0.25, -0.2) is 4.98 Å². The summed E-state index contributed by atoms with van der Waals surface area (Å²) in [4.78, 5) is 38.9. The molecule has 3 aromatic rings. The molecule has 2 aromatic heterocycles. The number of hydrogen-bond donors (Lipinski definition) is 2. The number of rotatable bonds is 6. The maximum atomic E-state index is 12.3. The summed E-state index contributed by atoms with van der Waals surface area (Å²) < 4.78 is 4.89. The zero-order valence-electron chi connectivity index (χ0n) is 15.8. The topological polar surface area (TPSA) is 127 Å². The summed E-state index contributed by atoms with van der Waals surface area (Å²) in [5.74, 6) is -1.18. The average Bonchev–Trinajstić information content (AvgIpc) is 3.48. The van der Waals surface area contributed by atoms with E-state index in [1.54, 1.807) is 5.38 Å². The highest BCUT2D eigenvalue weighted by Crippen LogP contribution is 2.29. The van der Waals surface area contributed by atoms with Crippen molar-refractivity contribution in [1.29, 1.82) is 0 Å². The highest BCUT2D eigenvalue weighted by molar-refractivity contribution is 7.14. The summed E-state index contributed by atoms with van der Waals surface area (Å²) in [5, 5.41) is 18.3. The van der Waals surface area contributed by atoms with Crippen LogP contribution in [0, 0.1) is 16.0 Å². The highest BCUT2D eigenvalue weighted by Gasteiger charge is 2.23. The minimum absolute atomic E-state index is 0.0448. The van der Waals surface area contributed by atoms with Crippen molar-refractivity contribution in [3.05, 3.63) is 57.7 Å². The van der Waals surface area contributed by atoms with Crippen molar-refractivity contribution >= 4 is 39.9 Å². The van der Waals surface area contributed by atoms with Crippen molar-refractivity contribution in [3.8, 4) is 11.3 Å². The molecule has 2 N–H and O–H groups in total. The number of hydrogen-bond acceptors (Lipinski definition) is 7. The third-order valence-corrected chi connectivity index (χ3v) is 5.63. The molecule has 10 heteroatoms. The van der Waals surface area contributed by atoms with E-state index in [-0.39, 0.29) is 17.6 Å². The lowest BCUT2D eigenvalue weighted by Crippen LogP contribution is -2.20. The first-order valence-corrected chi connectivity index (χ1v) is 10.3. The summed E-state index contributed by atoms with van der Waals surface area (Å²) >= 11 is 1.21. The van der Waals surface area contributed by atoms with Crippen molar-refractivity contribution in [2.24, 2.45) is 5.92 Å². The van der Waals surface area contributed by atoms with Crippen LogP contribution in [0.5, 0.6) is 0 Å². The molecule has 2 amide bonds. The van der Waals surface area contributed by atoms with Gasteiger partial charge in [0.2, 0.25) is 5.91 Å². The molecule has 30 heavy (non-hydrogen) atoms. The Labute approximate surface area is 175 Å². The number of nitrogens with zero attached hydrogens (tertiary/aromatic N) is 2. The molecule has 154 valence electrons. The molecule has 1 aromatic carbocycles. The molecule has 0 radical (unpaired) electrons. The molecular weight excluding hydrogens is 408 g/mol. The molecule has 4 rings (SSSR count). The molecule has 2 heterocycles. The standard InChI is InChI=1S/C20H18N4O5S/c25-18(12-4-1-2-5-12)21-14-7-3-6-13(10-14)15-11-30-20(22-15)23-19(26)16-8-9-17(29-16)24(27)28/h3,6-12H,1-2,4-5H2,(H,21,25)(H,22,23,26). The molecule has 0 atom stereocenters. The van der Waals surface area contributed by atoms with Crippen molar-refractivity contribution < 1.29 is 18.9 Å². The normalized spacial score (nSPS) is 13.9. The van der Waals surface area contributed by atoms with E-state index in [4.69, 9.17) is 4.42 Å². The second kappa shape index (κ2) is 8.46. The Morgan fingerprint density at radius 2 is 1.97 bits per heavy atom. The third kappa shape index (κ3) is 4.38. The van der Waals surface area contributed by atoms with Crippen molar-refractivity contribution in [2.45, 2.75) is 25.7 Å². The number of aromatic nitrogens is 1. The molecule has 0 bridgehead atoms. The quantitative estimate of drug-likeness (QED) is 0.435. The van der Waals surface area contributed by atoms with Crippen LogP contribution in [0.1, 0.15) is 36.2 Å². The Bertz CT molecular complexity index is 1100. The smallest absolute Gasteiger partial charge is 0.395 e. The molecular formula is C20H18N4O5S. The molecule has 9 nitrogen and oxygen atoms in total. The molecule has 1 aliphatic rings. The number of carbonyl (C=O) groups is 2. The first-order valence-electron chi connectivity index (χ1n) is 9.42. The summed E-state index contributed by atoms with van der Waals surface area (Å²) in [6, 6.07) is 9.71. The Kier molecular flexibility index (Phi) is 5.57. The second-order valence-corrected chi connectivity index (χ2v) is 7.80. The van der Waals surface area contributed by atoms with Gasteiger partial charge in [0.25, 0.3) is 5.91 Å². The predicted octanol–water partition coefficient (Wildman–Crippen LogP) is 4.69. The summed E-state index contributed by atoms with van der Waals surface area (Å²) in [6.45, 7) is 0. The van der Waals surface area contributed by atoms with Gasteiger partial charge < -0.3 is 9.73 Å². The van der Waals surface area contributed by atoms with Crippen molar-refractivity contribution in [1.82, 2.24) is 4.98 Å². The largest absolute Gasteiger partial charge is 0.433 e. The predicted molar refractivity (Wildman–Crippen MR) is 111 cm³/mol. The number of nitrogens with one attached hydrogen (secondary N) is 2. The van der Waals surface area contributed by atoms with Gasteiger partial charge in [-0.15, -0.1) is 11.3 Å². The fourth-order valence-corrected chi connectivity index (χ4v) is 4.07. The van der Waals surface area contributed by atoms with Crippen LogP contribution >= 0.6 is 11.3 Å². The molecule has 1 fully saturated rings. The van der Waals surface area contributed by atoms with Gasteiger partial charge in [-0.1, -0.05) is 25.0 Å². The number of carbonyl (C=O) groups excluding carboxylic acids is 2. The van der Waals surface area contributed by atoms with E-state index in [0.29, 0.717) is 16.5 Å². The highest BCUT2D eigenvalue weighted by atomic mass is 32.1. The number of nitro groups is 1. The molecule has 0 saturated heterocycles. The van der Waals surface area contributed by atoms with E-state index < -0.39 is 16.7 Å². The van der Waals surface area contributed by atoms with Gasteiger partial charge in [0.05, 0.1) is 11.8 Å². The van der Waals surface area contributed by atoms with Gasteiger partial charge in [-0.2, -0.15) is 0 Å². The van der Waals surface area contributed by atoms with Crippen LogP contribution in [-0.4, -0.2) is 21.7 Å². The Morgan fingerprint density at radius 3 is 2.70 bits per heavy atom.